The summed E-state index contributed by atoms with van der Waals surface area (Å²) in [5.41, 5.74) is 20.9. The maximum atomic E-state index is 12.7. The van der Waals surface area contributed by atoms with Crippen LogP contribution in [-0.4, -0.2) is 60.8 Å². The molecular formula is C30H37N3O6. The lowest BCUT2D eigenvalue weighted by molar-refractivity contribution is -0.176. The van der Waals surface area contributed by atoms with Gasteiger partial charge in [-0.2, -0.15) is 0 Å². The summed E-state index contributed by atoms with van der Waals surface area (Å²) in [6, 6.07) is 25.4. The second kappa shape index (κ2) is 15.7. The van der Waals surface area contributed by atoms with Crippen LogP contribution in [0.1, 0.15) is 16.7 Å². The lowest BCUT2D eigenvalue weighted by atomic mass is 10.1. The van der Waals surface area contributed by atoms with E-state index in [1.165, 1.54) is 0 Å². The molecule has 39 heavy (non-hydrogen) atoms. The number of carbonyl (C=O) groups excluding carboxylic acids is 2. The molecule has 0 spiro atoms. The molecule has 0 saturated carbocycles. The first-order chi connectivity index (χ1) is 18.8. The van der Waals surface area contributed by atoms with E-state index in [1.807, 2.05) is 91.0 Å². The van der Waals surface area contributed by atoms with Gasteiger partial charge in [0.15, 0.2) is 12.4 Å². The van der Waals surface area contributed by atoms with Gasteiger partial charge >= 0.3 is 11.9 Å². The van der Waals surface area contributed by atoms with Crippen LogP contribution in [0.2, 0.25) is 0 Å². The van der Waals surface area contributed by atoms with Crippen molar-refractivity contribution in [2.45, 2.75) is 49.8 Å². The molecule has 208 valence electrons. The number of hydrogen-bond acceptors (Lipinski definition) is 9. The van der Waals surface area contributed by atoms with Crippen molar-refractivity contribution in [3.63, 3.8) is 0 Å². The van der Waals surface area contributed by atoms with Crippen LogP contribution in [0.5, 0.6) is 0 Å². The molecule has 0 aromatic heterocycles. The first-order valence-electron chi connectivity index (χ1n) is 12.9. The predicted molar refractivity (Wildman–Crippen MR) is 147 cm³/mol. The number of ether oxygens (including phenoxy) is 3. The largest absolute Gasteiger partial charge is 0.460 e. The third-order valence-corrected chi connectivity index (χ3v) is 6.03. The van der Waals surface area contributed by atoms with Crippen molar-refractivity contribution in [1.82, 2.24) is 0 Å². The monoisotopic (exact) mass is 535 g/mol. The van der Waals surface area contributed by atoms with E-state index in [1.54, 1.807) is 0 Å². The van der Waals surface area contributed by atoms with Gasteiger partial charge in [0.1, 0.15) is 18.7 Å². The van der Waals surface area contributed by atoms with Gasteiger partial charge in [-0.25, -0.2) is 0 Å². The van der Waals surface area contributed by atoms with E-state index in [-0.39, 0.29) is 26.1 Å². The maximum absolute atomic E-state index is 12.7. The molecule has 0 aliphatic rings. The fourth-order valence-corrected chi connectivity index (χ4v) is 3.87. The SMILES string of the molecule is N[C@@H](Cc1ccccc1)C(=O)OCC(COC(O)[C@@H](N)Cc1ccccc1)OC(=O)[C@@H](N)Cc1ccccc1. The molecule has 3 rings (SSSR count). The zero-order valence-electron chi connectivity index (χ0n) is 21.8. The van der Waals surface area contributed by atoms with Crippen LogP contribution in [0.4, 0.5) is 0 Å². The Morgan fingerprint density at radius 2 is 1.08 bits per heavy atom. The highest BCUT2D eigenvalue weighted by atomic mass is 16.6. The van der Waals surface area contributed by atoms with E-state index in [0.717, 1.165) is 16.7 Å². The third kappa shape index (κ3) is 10.6. The summed E-state index contributed by atoms with van der Waals surface area (Å²) in [4.78, 5) is 25.3. The molecule has 2 unspecified atom stereocenters. The normalized spacial score (nSPS) is 15.0. The van der Waals surface area contributed by atoms with E-state index in [4.69, 9.17) is 31.4 Å². The van der Waals surface area contributed by atoms with Crippen LogP contribution >= 0.6 is 0 Å². The number of nitrogens with two attached hydrogens (primary N) is 3. The molecule has 7 N–H and O–H groups in total. The Morgan fingerprint density at radius 1 is 0.641 bits per heavy atom. The molecule has 0 aliphatic carbocycles. The number of aliphatic hydroxyl groups is 1. The highest BCUT2D eigenvalue weighted by Crippen LogP contribution is 2.10. The van der Waals surface area contributed by atoms with Crippen molar-refractivity contribution in [3.05, 3.63) is 108 Å². The number of hydrogen-bond donors (Lipinski definition) is 4. The Morgan fingerprint density at radius 3 is 1.56 bits per heavy atom. The van der Waals surface area contributed by atoms with Gasteiger partial charge in [-0.1, -0.05) is 91.0 Å². The van der Waals surface area contributed by atoms with Crippen molar-refractivity contribution in [2.75, 3.05) is 13.2 Å². The topological polar surface area (TPSA) is 160 Å². The highest BCUT2D eigenvalue weighted by Gasteiger charge is 2.26. The minimum Gasteiger partial charge on any atom is -0.460 e. The van der Waals surface area contributed by atoms with E-state index in [9.17, 15) is 14.7 Å². The number of rotatable bonds is 15. The fourth-order valence-electron chi connectivity index (χ4n) is 3.87. The molecule has 0 radical (unpaired) electrons. The van der Waals surface area contributed by atoms with Crippen molar-refractivity contribution in [2.24, 2.45) is 17.2 Å². The van der Waals surface area contributed by atoms with E-state index in [2.05, 4.69) is 0 Å². The highest BCUT2D eigenvalue weighted by molar-refractivity contribution is 5.77. The van der Waals surface area contributed by atoms with Gasteiger partial charge in [0.25, 0.3) is 0 Å². The standard InChI is InChI=1S/C30H37N3O6/c31-25(16-21-10-4-1-5-11-21)28(34)37-19-24(39-30(36)27(33)18-23-14-8-3-9-15-23)20-38-29(35)26(32)17-22-12-6-2-7-13-22/h1-15,24-28,34H,16-20,31-33H2/t24?,25-,26-,27-,28?/m0/s1. The van der Waals surface area contributed by atoms with Crippen molar-refractivity contribution in [3.8, 4) is 0 Å². The van der Waals surface area contributed by atoms with Gasteiger partial charge in [0.2, 0.25) is 0 Å². The van der Waals surface area contributed by atoms with Crippen LogP contribution in [0.15, 0.2) is 91.0 Å². The average Bonchev–Trinajstić information content (AvgIpc) is 2.95. The number of aliphatic hydroxyl groups excluding tert-OH is 1. The summed E-state index contributed by atoms with van der Waals surface area (Å²) in [5.74, 6) is -1.35. The van der Waals surface area contributed by atoms with Gasteiger partial charge in [0, 0.05) is 0 Å². The lowest BCUT2D eigenvalue weighted by Crippen LogP contribution is -2.44. The molecule has 0 heterocycles. The summed E-state index contributed by atoms with van der Waals surface area (Å²) in [6.45, 7) is -0.597. The minimum atomic E-state index is -1.35. The molecule has 3 aromatic carbocycles. The molecule has 0 saturated heterocycles. The molecule has 0 aliphatic heterocycles. The molecule has 0 fully saturated rings. The molecule has 9 heteroatoms. The molecule has 0 bridgehead atoms. The summed E-state index contributed by atoms with van der Waals surface area (Å²) >= 11 is 0. The Labute approximate surface area is 228 Å². The molecular weight excluding hydrogens is 498 g/mol. The van der Waals surface area contributed by atoms with Gasteiger partial charge in [-0.15, -0.1) is 0 Å². The second-order valence-electron chi connectivity index (χ2n) is 9.36. The quantitative estimate of drug-likeness (QED) is 0.167. The van der Waals surface area contributed by atoms with E-state index < -0.39 is 42.5 Å². The Kier molecular flexibility index (Phi) is 12.1. The third-order valence-electron chi connectivity index (χ3n) is 6.03. The van der Waals surface area contributed by atoms with Gasteiger partial charge in [0.05, 0.1) is 12.6 Å². The number of benzene rings is 3. The lowest BCUT2D eigenvalue weighted by Gasteiger charge is -2.24. The summed E-state index contributed by atoms with van der Waals surface area (Å²) in [7, 11) is 0. The molecule has 9 nitrogen and oxygen atoms in total. The number of carbonyl (C=O) groups is 2. The Bertz CT molecular complexity index is 1130. The summed E-state index contributed by atoms with van der Waals surface area (Å²) < 4.78 is 16.4. The van der Waals surface area contributed by atoms with Gasteiger partial charge in [-0.05, 0) is 36.0 Å². The summed E-state index contributed by atoms with van der Waals surface area (Å²) in [6.07, 6.45) is -1.46. The first-order valence-corrected chi connectivity index (χ1v) is 12.9. The molecule has 5 atom stereocenters. The van der Waals surface area contributed by atoms with Gasteiger partial charge < -0.3 is 36.5 Å². The van der Waals surface area contributed by atoms with Crippen molar-refractivity contribution in [1.29, 1.82) is 0 Å². The first kappa shape index (κ1) is 29.9. The zero-order chi connectivity index (χ0) is 28.0. The van der Waals surface area contributed by atoms with Crippen LogP contribution in [0.3, 0.4) is 0 Å². The Balaban J connectivity index is 1.57. The fraction of sp³-hybridized carbons (Fsp3) is 0.333. The zero-order valence-corrected chi connectivity index (χ0v) is 21.8. The van der Waals surface area contributed by atoms with Crippen LogP contribution in [-0.2, 0) is 43.1 Å². The van der Waals surface area contributed by atoms with E-state index in [0.29, 0.717) is 6.42 Å². The van der Waals surface area contributed by atoms with E-state index >= 15 is 0 Å². The Hall–Kier alpha value is -3.60. The predicted octanol–water partition coefficient (Wildman–Crippen LogP) is 1.49. The second-order valence-corrected chi connectivity index (χ2v) is 9.36. The smallest absolute Gasteiger partial charge is 0.323 e. The van der Waals surface area contributed by atoms with Crippen LogP contribution in [0, 0.1) is 0 Å². The summed E-state index contributed by atoms with van der Waals surface area (Å²) in [5, 5.41) is 10.5. The molecule has 3 aromatic rings. The number of esters is 2. The van der Waals surface area contributed by atoms with Crippen molar-refractivity contribution < 1.29 is 28.9 Å². The molecule has 0 amide bonds. The van der Waals surface area contributed by atoms with Gasteiger partial charge in [-0.3, -0.25) is 9.59 Å². The average molecular weight is 536 g/mol. The van der Waals surface area contributed by atoms with Crippen LogP contribution in [0.25, 0.3) is 0 Å². The van der Waals surface area contributed by atoms with Crippen LogP contribution < -0.4 is 17.2 Å². The maximum Gasteiger partial charge on any atom is 0.323 e. The minimum absolute atomic E-state index is 0.263. The van der Waals surface area contributed by atoms with Crippen molar-refractivity contribution >= 4 is 11.9 Å².